The van der Waals surface area contributed by atoms with Crippen molar-refractivity contribution < 1.29 is 4.52 Å². The number of halogens is 2. The highest BCUT2D eigenvalue weighted by Gasteiger charge is 2.36. The van der Waals surface area contributed by atoms with E-state index in [2.05, 4.69) is 10.1 Å². The van der Waals surface area contributed by atoms with Gasteiger partial charge in [-0.1, -0.05) is 41.2 Å². The van der Waals surface area contributed by atoms with Gasteiger partial charge in [-0.05, 0) is 31.0 Å². The second-order valence-electron chi connectivity index (χ2n) is 4.92. The van der Waals surface area contributed by atoms with Crippen LogP contribution in [0.5, 0.6) is 0 Å². The number of nitrogens with two attached hydrogens (primary N) is 1. The van der Waals surface area contributed by atoms with Gasteiger partial charge < -0.3 is 10.3 Å². The topological polar surface area (TPSA) is 64.9 Å². The Labute approximate surface area is 120 Å². The average Bonchev–Trinajstić information content (AvgIpc) is 3.02. The molecule has 0 bridgehead atoms. The molecule has 4 nitrogen and oxygen atoms in total. The van der Waals surface area contributed by atoms with Gasteiger partial charge in [-0.25, -0.2) is 0 Å². The first kappa shape index (κ1) is 12.9. The van der Waals surface area contributed by atoms with Crippen molar-refractivity contribution in [3.63, 3.8) is 0 Å². The Morgan fingerprint density at radius 2 is 1.89 bits per heavy atom. The first-order valence-electron chi connectivity index (χ1n) is 6.17. The molecule has 0 aliphatic heterocycles. The summed E-state index contributed by atoms with van der Waals surface area (Å²) in [4.78, 5) is 4.40. The van der Waals surface area contributed by atoms with Crippen molar-refractivity contribution in [2.45, 2.75) is 31.2 Å². The van der Waals surface area contributed by atoms with Gasteiger partial charge in [0.15, 0.2) is 5.82 Å². The number of hydrogen-bond acceptors (Lipinski definition) is 4. The van der Waals surface area contributed by atoms with Crippen molar-refractivity contribution >= 4 is 23.2 Å². The van der Waals surface area contributed by atoms with E-state index in [1.54, 1.807) is 18.2 Å². The molecule has 1 aromatic heterocycles. The minimum absolute atomic E-state index is 0.422. The molecule has 1 aromatic carbocycles. The van der Waals surface area contributed by atoms with Gasteiger partial charge in [0.25, 0.3) is 5.89 Å². The van der Waals surface area contributed by atoms with Gasteiger partial charge in [0.05, 0.1) is 15.6 Å². The molecule has 0 saturated heterocycles. The molecule has 2 N–H and O–H groups in total. The second kappa shape index (κ2) is 4.78. The van der Waals surface area contributed by atoms with E-state index >= 15 is 0 Å². The minimum Gasteiger partial charge on any atom is -0.334 e. The monoisotopic (exact) mass is 297 g/mol. The highest BCUT2D eigenvalue weighted by molar-refractivity contribution is 6.42. The van der Waals surface area contributed by atoms with Gasteiger partial charge in [-0.2, -0.15) is 4.98 Å². The summed E-state index contributed by atoms with van der Waals surface area (Å²) in [6, 6.07) is 5.21. The third-order valence-electron chi connectivity index (χ3n) is 3.53. The first-order valence-corrected chi connectivity index (χ1v) is 6.93. The molecule has 3 rings (SSSR count). The molecule has 1 saturated carbocycles. The van der Waals surface area contributed by atoms with Crippen molar-refractivity contribution in [1.29, 1.82) is 0 Å². The van der Waals surface area contributed by atoms with Crippen LogP contribution in [0.25, 0.3) is 11.5 Å². The Balaban J connectivity index is 1.94. The highest BCUT2D eigenvalue weighted by Crippen LogP contribution is 2.36. The molecule has 100 valence electrons. The summed E-state index contributed by atoms with van der Waals surface area (Å²) >= 11 is 11.9. The lowest BCUT2D eigenvalue weighted by Gasteiger charge is -2.17. The van der Waals surface area contributed by atoms with Gasteiger partial charge in [0, 0.05) is 5.56 Å². The molecule has 6 heteroatoms. The number of benzene rings is 1. The Hall–Kier alpha value is -1.10. The van der Waals surface area contributed by atoms with E-state index in [-0.39, 0.29) is 0 Å². The summed E-state index contributed by atoms with van der Waals surface area (Å²) in [5, 5.41) is 4.97. The predicted molar refractivity (Wildman–Crippen MR) is 74.1 cm³/mol. The third kappa shape index (κ3) is 2.36. The van der Waals surface area contributed by atoms with Crippen molar-refractivity contribution in [3.05, 3.63) is 34.1 Å². The largest absolute Gasteiger partial charge is 0.334 e. The quantitative estimate of drug-likeness (QED) is 0.916. The fraction of sp³-hybridized carbons (Fsp3) is 0.385. The highest BCUT2D eigenvalue weighted by atomic mass is 35.5. The van der Waals surface area contributed by atoms with Crippen LogP contribution in [0.1, 0.15) is 31.5 Å². The third-order valence-corrected chi connectivity index (χ3v) is 4.27. The first-order chi connectivity index (χ1) is 9.08. The van der Waals surface area contributed by atoms with E-state index in [1.165, 1.54) is 0 Å². The summed E-state index contributed by atoms with van der Waals surface area (Å²) < 4.78 is 5.28. The summed E-state index contributed by atoms with van der Waals surface area (Å²) in [6.45, 7) is 0. The zero-order valence-corrected chi connectivity index (χ0v) is 11.7. The van der Waals surface area contributed by atoms with Crippen molar-refractivity contribution in [3.8, 4) is 11.5 Å². The van der Waals surface area contributed by atoms with Gasteiger partial charge in [0.2, 0.25) is 0 Å². The average molecular weight is 298 g/mol. The molecule has 0 radical (unpaired) electrons. The maximum atomic E-state index is 6.29. The molecular formula is C13H13Cl2N3O. The molecule has 0 amide bonds. The zero-order chi connectivity index (χ0) is 13.5. The van der Waals surface area contributed by atoms with E-state index < -0.39 is 5.54 Å². The normalized spacial score (nSPS) is 17.8. The lowest BCUT2D eigenvalue weighted by Crippen LogP contribution is -2.34. The molecule has 0 spiro atoms. The molecule has 1 aliphatic rings. The minimum atomic E-state index is -0.446. The van der Waals surface area contributed by atoms with E-state index in [0.29, 0.717) is 21.8 Å². The van der Waals surface area contributed by atoms with Crippen LogP contribution >= 0.6 is 23.2 Å². The van der Waals surface area contributed by atoms with Crippen LogP contribution < -0.4 is 5.73 Å². The smallest absolute Gasteiger partial charge is 0.258 e. The van der Waals surface area contributed by atoms with E-state index in [4.69, 9.17) is 33.5 Å². The van der Waals surface area contributed by atoms with Crippen LogP contribution in [0, 0.1) is 0 Å². The molecule has 1 heterocycles. The van der Waals surface area contributed by atoms with Gasteiger partial charge >= 0.3 is 0 Å². The van der Waals surface area contributed by atoms with Crippen LogP contribution in [0.2, 0.25) is 10.0 Å². The number of hydrogen-bond donors (Lipinski definition) is 1. The Morgan fingerprint density at radius 1 is 1.16 bits per heavy atom. The number of aromatic nitrogens is 2. The predicted octanol–water partition coefficient (Wildman–Crippen LogP) is 3.77. The lowest BCUT2D eigenvalue weighted by molar-refractivity contribution is 0.372. The summed E-state index contributed by atoms with van der Waals surface area (Å²) in [6.07, 6.45) is 4.00. The van der Waals surface area contributed by atoms with E-state index in [9.17, 15) is 0 Å². The van der Waals surface area contributed by atoms with Crippen LogP contribution in [0.4, 0.5) is 0 Å². The van der Waals surface area contributed by atoms with Gasteiger partial charge in [-0.15, -0.1) is 0 Å². The van der Waals surface area contributed by atoms with Crippen LogP contribution in [-0.4, -0.2) is 10.1 Å². The fourth-order valence-corrected chi connectivity index (χ4v) is 2.70. The number of rotatable bonds is 2. The maximum absolute atomic E-state index is 6.29. The molecule has 2 aromatic rings. The van der Waals surface area contributed by atoms with Crippen molar-refractivity contribution in [2.75, 3.05) is 0 Å². The van der Waals surface area contributed by atoms with Crippen LogP contribution in [0.3, 0.4) is 0 Å². The molecular weight excluding hydrogens is 285 g/mol. The fourth-order valence-electron chi connectivity index (χ4n) is 2.40. The van der Waals surface area contributed by atoms with Crippen molar-refractivity contribution in [1.82, 2.24) is 10.1 Å². The Bertz CT molecular complexity index is 606. The van der Waals surface area contributed by atoms with E-state index in [1.807, 2.05) is 0 Å². The summed E-state index contributed by atoms with van der Waals surface area (Å²) in [5.74, 6) is 0.997. The Morgan fingerprint density at radius 3 is 2.58 bits per heavy atom. The standard InChI is InChI=1S/C13H13Cl2N3O/c14-9-4-3-8(7-10(9)15)11-17-12(18-19-11)13(16)5-1-2-6-13/h3-4,7H,1-2,5-6,16H2. The summed E-state index contributed by atoms with van der Waals surface area (Å²) in [7, 11) is 0. The van der Waals surface area contributed by atoms with Gasteiger partial charge in [0.1, 0.15) is 0 Å². The van der Waals surface area contributed by atoms with E-state index in [0.717, 1.165) is 31.2 Å². The van der Waals surface area contributed by atoms with Crippen LogP contribution in [-0.2, 0) is 5.54 Å². The maximum Gasteiger partial charge on any atom is 0.258 e. The zero-order valence-electron chi connectivity index (χ0n) is 10.2. The lowest BCUT2D eigenvalue weighted by atomic mass is 9.99. The van der Waals surface area contributed by atoms with Gasteiger partial charge in [-0.3, -0.25) is 0 Å². The molecule has 19 heavy (non-hydrogen) atoms. The molecule has 0 unspecified atom stereocenters. The molecule has 1 aliphatic carbocycles. The van der Waals surface area contributed by atoms with Crippen LogP contribution in [0.15, 0.2) is 22.7 Å². The Kier molecular flexibility index (Phi) is 3.25. The molecule has 0 atom stereocenters. The second-order valence-corrected chi connectivity index (χ2v) is 5.73. The molecule has 1 fully saturated rings. The summed E-state index contributed by atoms with van der Waals surface area (Å²) in [5.41, 5.74) is 6.59. The SMILES string of the molecule is NC1(c2noc(-c3ccc(Cl)c(Cl)c3)n2)CCCC1. The number of nitrogens with zero attached hydrogens (tertiary/aromatic N) is 2. The van der Waals surface area contributed by atoms with Crippen molar-refractivity contribution in [2.24, 2.45) is 5.73 Å².